The fraction of sp³-hybridized carbons (Fsp3) is 0.625. The molecule has 0 heterocycles. The van der Waals surface area contributed by atoms with Crippen LogP contribution in [-0.2, 0) is 0 Å². The van der Waals surface area contributed by atoms with Crippen molar-refractivity contribution in [3.05, 3.63) is 30.3 Å². The zero-order chi connectivity index (χ0) is 12.8. The molecule has 18 heavy (non-hydrogen) atoms. The molecule has 0 saturated heterocycles. The monoisotopic (exact) mass is 247 g/mol. The molecule has 0 radical (unpaired) electrons. The van der Waals surface area contributed by atoms with Crippen LogP contribution in [0.2, 0.25) is 0 Å². The first-order valence-corrected chi connectivity index (χ1v) is 7.14. The average molecular weight is 247 g/mol. The van der Waals surface area contributed by atoms with E-state index in [1.807, 2.05) is 30.3 Å². The molecule has 2 heteroatoms. The van der Waals surface area contributed by atoms with Gasteiger partial charge in [-0.05, 0) is 50.8 Å². The van der Waals surface area contributed by atoms with E-state index in [1.165, 1.54) is 25.7 Å². The van der Waals surface area contributed by atoms with Gasteiger partial charge in [0.1, 0.15) is 12.4 Å². The maximum Gasteiger partial charge on any atom is 0.119 e. The van der Waals surface area contributed by atoms with Crippen LogP contribution >= 0.6 is 0 Å². The van der Waals surface area contributed by atoms with Gasteiger partial charge < -0.3 is 9.64 Å². The van der Waals surface area contributed by atoms with E-state index in [0.29, 0.717) is 0 Å². The van der Waals surface area contributed by atoms with Crippen LogP contribution in [0.15, 0.2) is 30.3 Å². The normalized spacial score (nSPS) is 24.2. The molecule has 0 N–H and O–H groups in total. The number of benzene rings is 1. The third-order valence-corrected chi connectivity index (χ3v) is 4.06. The van der Waals surface area contributed by atoms with Gasteiger partial charge >= 0.3 is 0 Å². The van der Waals surface area contributed by atoms with E-state index in [4.69, 9.17) is 4.74 Å². The van der Waals surface area contributed by atoms with E-state index in [9.17, 15) is 0 Å². The summed E-state index contributed by atoms with van der Waals surface area (Å²) >= 11 is 0. The summed E-state index contributed by atoms with van der Waals surface area (Å²) in [5.41, 5.74) is 0. The van der Waals surface area contributed by atoms with Gasteiger partial charge in [0.05, 0.1) is 0 Å². The summed E-state index contributed by atoms with van der Waals surface area (Å²) in [6.07, 6.45) is 5.47. The third-order valence-electron chi connectivity index (χ3n) is 4.06. The molecule has 1 aliphatic rings. The molecule has 100 valence electrons. The van der Waals surface area contributed by atoms with Crippen molar-refractivity contribution in [3.8, 4) is 5.75 Å². The van der Waals surface area contributed by atoms with Crippen molar-refractivity contribution in [3.63, 3.8) is 0 Å². The van der Waals surface area contributed by atoms with E-state index in [0.717, 1.165) is 30.9 Å². The van der Waals surface area contributed by atoms with Gasteiger partial charge in [-0.1, -0.05) is 25.1 Å². The Balaban J connectivity index is 1.67. The molecule has 0 spiro atoms. The first-order chi connectivity index (χ1) is 8.75. The Hall–Kier alpha value is -1.02. The first kappa shape index (κ1) is 13.4. The lowest BCUT2D eigenvalue weighted by molar-refractivity contribution is 0.145. The summed E-state index contributed by atoms with van der Waals surface area (Å²) < 4.78 is 5.75. The second kappa shape index (κ2) is 6.79. The number of likely N-dealkylation sites (N-methyl/N-ethyl adjacent to an activating group) is 1. The molecule has 0 unspecified atom stereocenters. The molecule has 0 bridgehead atoms. The van der Waals surface area contributed by atoms with E-state index in [2.05, 4.69) is 18.9 Å². The van der Waals surface area contributed by atoms with E-state index >= 15 is 0 Å². The Bertz CT molecular complexity index is 330. The number of hydrogen-bond donors (Lipinski definition) is 0. The largest absolute Gasteiger partial charge is 0.492 e. The zero-order valence-electron chi connectivity index (χ0n) is 11.6. The Labute approximate surface area is 111 Å². The van der Waals surface area contributed by atoms with Gasteiger partial charge in [0.25, 0.3) is 0 Å². The van der Waals surface area contributed by atoms with Crippen LogP contribution in [0, 0.1) is 5.92 Å². The Morgan fingerprint density at radius 3 is 2.44 bits per heavy atom. The summed E-state index contributed by atoms with van der Waals surface area (Å²) in [7, 11) is 2.23. The van der Waals surface area contributed by atoms with Crippen molar-refractivity contribution in [1.29, 1.82) is 0 Å². The zero-order valence-corrected chi connectivity index (χ0v) is 11.6. The summed E-state index contributed by atoms with van der Waals surface area (Å²) in [5.74, 6) is 1.90. The van der Waals surface area contributed by atoms with Crippen molar-refractivity contribution >= 4 is 0 Å². The lowest BCUT2D eigenvalue weighted by Gasteiger charge is -2.33. The summed E-state index contributed by atoms with van der Waals surface area (Å²) in [6.45, 7) is 4.18. The molecule has 1 aromatic rings. The van der Waals surface area contributed by atoms with E-state index < -0.39 is 0 Å². The highest BCUT2D eigenvalue weighted by molar-refractivity contribution is 5.20. The molecule has 1 aromatic carbocycles. The number of rotatable bonds is 5. The van der Waals surface area contributed by atoms with Crippen LogP contribution in [-0.4, -0.2) is 31.1 Å². The van der Waals surface area contributed by atoms with E-state index in [1.54, 1.807) is 0 Å². The number of para-hydroxylation sites is 1. The minimum Gasteiger partial charge on any atom is -0.492 e. The quantitative estimate of drug-likeness (QED) is 0.788. The van der Waals surface area contributed by atoms with Gasteiger partial charge in [-0.2, -0.15) is 0 Å². The highest BCUT2D eigenvalue weighted by Gasteiger charge is 2.21. The Morgan fingerprint density at radius 1 is 1.11 bits per heavy atom. The molecule has 0 aliphatic heterocycles. The molecule has 1 fully saturated rings. The predicted octanol–water partition coefficient (Wildman–Crippen LogP) is 3.58. The Kier molecular flexibility index (Phi) is 5.06. The van der Waals surface area contributed by atoms with Gasteiger partial charge in [0, 0.05) is 12.6 Å². The van der Waals surface area contributed by atoms with Crippen LogP contribution in [0.1, 0.15) is 32.6 Å². The molecule has 0 aromatic heterocycles. The summed E-state index contributed by atoms with van der Waals surface area (Å²) in [5, 5.41) is 0. The van der Waals surface area contributed by atoms with Crippen molar-refractivity contribution < 1.29 is 4.74 Å². The minimum absolute atomic E-state index is 0.764. The van der Waals surface area contributed by atoms with Crippen molar-refractivity contribution in [2.24, 2.45) is 5.92 Å². The predicted molar refractivity (Wildman–Crippen MR) is 76.0 cm³/mol. The van der Waals surface area contributed by atoms with Crippen LogP contribution in [0.3, 0.4) is 0 Å². The topological polar surface area (TPSA) is 12.5 Å². The maximum absolute atomic E-state index is 5.75. The summed E-state index contributed by atoms with van der Waals surface area (Å²) in [6, 6.07) is 10.8. The van der Waals surface area contributed by atoms with Crippen LogP contribution in [0.25, 0.3) is 0 Å². The van der Waals surface area contributed by atoms with Crippen LogP contribution in [0.5, 0.6) is 5.75 Å². The lowest BCUT2D eigenvalue weighted by Crippen LogP contribution is -2.37. The fourth-order valence-corrected chi connectivity index (χ4v) is 2.69. The van der Waals surface area contributed by atoms with Crippen molar-refractivity contribution in [1.82, 2.24) is 4.90 Å². The number of hydrogen-bond acceptors (Lipinski definition) is 2. The standard InChI is InChI=1S/C16H25NO/c1-14-8-10-15(11-9-14)17(2)12-13-18-16-6-4-3-5-7-16/h3-7,14-15H,8-13H2,1-2H3. The van der Waals surface area contributed by atoms with E-state index in [-0.39, 0.29) is 0 Å². The number of nitrogens with zero attached hydrogens (tertiary/aromatic N) is 1. The van der Waals surface area contributed by atoms with Crippen molar-refractivity contribution in [2.75, 3.05) is 20.2 Å². The summed E-state index contributed by atoms with van der Waals surface area (Å²) in [4.78, 5) is 2.47. The maximum atomic E-state index is 5.75. The van der Waals surface area contributed by atoms with Crippen LogP contribution < -0.4 is 4.74 Å². The molecule has 0 atom stereocenters. The third kappa shape index (κ3) is 4.02. The fourth-order valence-electron chi connectivity index (χ4n) is 2.69. The van der Waals surface area contributed by atoms with Crippen molar-refractivity contribution in [2.45, 2.75) is 38.6 Å². The molecule has 2 nitrogen and oxygen atoms in total. The molecular formula is C16H25NO. The number of ether oxygens (including phenoxy) is 1. The smallest absolute Gasteiger partial charge is 0.119 e. The highest BCUT2D eigenvalue weighted by atomic mass is 16.5. The molecular weight excluding hydrogens is 222 g/mol. The van der Waals surface area contributed by atoms with Gasteiger partial charge in [-0.25, -0.2) is 0 Å². The molecule has 1 saturated carbocycles. The minimum atomic E-state index is 0.764. The van der Waals surface area contributed by atoms with Gasteiger partial charge in [0.15, 0.2) is 0 Å². The van der Waals surface area contributed by atoms with Crippen LogP contribution in [0.4, 0.5) is 0 Å². The van der Waals surface area contributed by atoms with Gasteiger partial charge in [0.2, 0.25) is 0 Å². The second-order valence-corrected chi connectivity index (χ2v) is 5.56. The Morgan fingerprint density at radius 2 is 1.78 bits per heavy atom. The SMILES string of the molecule is CC1CCC(N(C)CCOc2ccccc2)CC1. The molecule has 1 aliphatic carbocycles. The van der Waals surface area contributed by atoms with Gasteiger partial charge in [-0.3, -0.25) is 0 Å². The average Bonchev–Trinajstić information content (AvgIpc) is 2.40. The molecule has 0 amide bonds. The molecule has 2 rings (SSSR count). The lowest BCUT2D eigenvalue weighted by atomic mass is 9.87. The second-order valence-electron chi connectivity index (χ2n) is 5.56. The highest BCUT2D eigenvalue weighted by Crippen LogP contribution is 2.26. The first-order valence-electron chi connectivity index (χ1n) is 7.14. The van der Waals surface area contributed by atoms with Gasteiger partial charge in [-0.15, -0.1) is 0 Å².